The fourth-order valence-electron chi connectivity index (χ4n) is 2.95. The van der Waals surface area contributed by atoms with Crippen LogP contribution in [0.2, 0.25) is 0 Å². The second-order valence-electron chi connectivity index (χ2n) is 6.27. The Morgan fingerprint density at radius 1 is 1.33 bits per heavy atom. The fraction of sp³-hybridized carbons (Fsp3) is 0.875. The number of hydrogen-bond acceptors (Lipinski definition) is 5. The molecule has 1 aliphatic rings. The number of hydrogen-bond donors (Lipinski definition) is 1. The predicted molar refractivity (Wildman–Crippen MR) is 88.5 cm³/mol. The Bertz CT molecular complexity index is 408. The van der Waals surface area contributed by atoms with Crippen LogP contribution in [0.1, 0.15) is 64.6 Å². The molecule has 1 N–H and O–H groups in total. The predicted octanol–water partition coefficient (Wildman–Crippen LogP) is 3.81. The molecular weight excluding hydrogens is 282 g/mol. The average molecular weight is 311 g/mol. The molecule has 1 aromatic rings. The maximum absolute atomic E-state index is 5.45. The van der Waals surface area contributed by atoms with E-state index in [4.69, 9.17) is 4.52 Å². The van der Waals surface area contributed by atoms with Crippen LogP contribution < -0.4 is 5.32 Å². The van der Waals surface area contributed by atoms with Gasteiger partial charge in [-0.25, -0.2) is 0 Å². The van der Waals surface area contributed by atoms with Crippen molar-refractivity contribution in [1.82, 2.24) is 15.5 Å². The molecule has 4 nitrogen and oxygen atoms in total. The Balaban J connectivity index is 1.86. The Kier molecular flexibility index (Phi) is 7.04. The molecule has 0 aliphatic heterocycles. The number of nitrogens with zero attached hydrogens (tertiary/aromatic N) is 2. The number of thioether (sulfide) groups is 1. The molecule has 1 fully saturated rings. The molecule has 5 heteroatoms. The molecule has 0 amide bonds. The summed E-state index contributed by atoms with van der Waals surface area (Å²) in [5.41, 5.74) is 0. The molecule has 2 atom stereocenters. The minimum absolute atomic E-state index is 0.605. The standard InChI is InChI=1S/C16H29N3OS/c1-4-9-17-14-8-6-5-7-13(14)10-16-18-15(19-20-16)11-21-12(2)3/h12-14,17H,4-11H2,1-3H3. The summed E-state index contributed by atoms with van der Waals surface area (Å²) in [6.45, 7) is 7.72. The van der Waals surface area contributed by atoms with Crippen molar-refractivity contribution in [2.75, 3.05) is 6.54 Å². The first-order valence-electron chi connectivity index (χ1n) is 8.35. The van der Waals surface area contributed by atoms with E-state index in [1.165, 1.54) is 32.1 Å². The van der Waals surface area contributed by atoms with Crippen LogP contribution in [0.15, 0.2) is 4.52 Å². The molecule has 0 radical (unpaired) electrons. The summed E-state index contributed by atoms with van der Waals surface area (Å²) in [5, 5.41) is 8.41. The Labute approximate surface area is 132 Å². The second kappa shape index (κ2) is 8.79. The van der Waals surface area contributed by atoms with Gasteiger partial charge in [0.1, 0.15) is 0 Å². The van der Waals surface area contributed by atoms with Crippen molar-refractivity contribution in [2.24, 2.45) is 5.92 Å². The highest BCUT2D eigenvalue weighted by Crippen LogP contribution is 2.27. The molecule has 1 aromatic heterocycles. The van der Waals surface area contributed by atoms with E-state index in [-0.39, 0.29) is 0 Å². The van der Waals surface area contributed by atoms with Crippen LogP contribution in [0.5, 0.6) is 0 Å². The first-order valence-corrected chi connectivity index (χ1v) is 9.40. The molecule has 0 aromatic carbocycles. The van der Waals surface area contributed by atoms with E-state index < -0.39 is 0 Å². The zero-order valence-electron chi connectivity index (χ0n) is 13.6. The van der Waals surface area contributed by atoms with Gasteiger partial charge in [0.2, 0.25) is 5.89 Å². The van der Waals surface area contributed by atoms with Crippen LogP contribution >= 0.6 is 11.8 Å². The Morgan fingerprint density at radius 3 is 2.90 bits per heavy atom. The molecule has 1 aliphatic carbocycles. The highest BCUT2D eigenvalue weighted by atomic mass is 32.2. The van der Waals surface area contributed by atoms with Crippen molar-refractivity contribution >= 4 is 11.8 Å². The lowest BCUT2D eigenvalue weighted by Gasteiger charge is -2.31. The van der Waals surface area contributed by atoms with Gasteiger partial charge < -0.3 is 9.84 Å². The third-order valence-electron chi connectivity index (χ3n) is 4.06. The van der Waals surface area contributed by atoms with Gasteiger partial charge in [0, 0.05) is 12.5 Å². The van der Waals surface area contributed by atoms with Crippen LogP contribution in [-0.4, -0.2) is 28.0 Å². The van der Waals surface area contributed by atoms with Gasteiger partial charge >= 0.3 is 0 Å². The van der Waals surface area contributed by atoms with E-state index in [0.29, 0.717) is 17.2 Å². The zero-order valence-corrected chi connectivity index (χ0v) is 14.4. The molecule has 0 spiro atoms. The minimum Gasteiger partial charge on any atom is -0.339 e. The van der Waals surface area contributed by atoms with Crippen LogP contribution in [0.25, 0.3) is 0 Å². The highest BCUT2D eigenvalue weighted by Gasteiger charge is 2.26. The third-order valence-corrected chi connectivity index (χ3v) is 5.15. The Morgan fingerprint density at radius 2 is 2.14 bits per heavy atom. The molecule has 2 unspecified atom stereocenters. The first-order chi connectivity index (χ1) is 10.2. The van der Waals surface area contributed by atoms with E-state index in [2.05, 4.69) is 36.2 Å². The summed E-state index contributed by atoms with van der Waals surface area (Å²) < 4.78 is 5.45. The smallest absolute Gasteiger partial charge is 0.227 e. The van der Waals surface area contributed by atoms with Crippen molar-refractivity contribution in [3.05, 3.63) is 11.7 Å². The van der Waals surface area contributed by atoms with E-state index in [9.17, 15) is 0 Å². The summed E-state index contributed by atoms with van der Waals surface area (Å²) in [4.78, 5) is 4.56. The summed E-state index contributed by atoms with van der Waals surface area (Å²) >= 11 is 1.86. The normalized spacial score (nSPS) is 22.9. The van der Waals surface area contributed by atoms with Gasteiger partial charge in [0.25, 0.3) is 0 Å². The van der Waals surface area contributed by atoms with Crippen LogP contribution in [0.3, 0.4) is 0 Å². The lowest BCUT2D eigenvalue weighted by Crippen LogP contribution is -2.39. The molecule has 120 valence electrons. The van der Waals surface area contributed by atoms with Gasteiger partial charge in [-0.1, -0.05) is 38.8 Å². The van der Waals surface area contributed by atoms with Crippen molar-refractivity contribution in [1.29, 1.82) is 0 Å². The molecule has 0 bridgehead atoms. The summed E-state index contributed by atoms with van der Waals surface area (Å²) in [7, 11) is 0. The van der Waals surface area contributed by atoms with Crippen molar-refractivity contribution < 1.29 is 4.52 Å². The lowest BCUT2D eigenvalue weighted by molar-refractivity contribution is 0.240. The fourth-order valence-corrected chi connectivity index (χ4v) is 3.55. The summed E-state index contributed by atoms with van der Waals surface area (Å²) in [5.74, 6) is 3.17. The third kappa shape index (κ3) is 5.62. The Hall–Kier alpha value is -0.550. The van der Waals surface area contributed by atoms with Gasteiger partial charge in [0.05, 0.1) is 5.75 Å². The first kappa shape index (κ1) is 16.8. The maximum Gasteiger partial charge on any atom is 0.227 e. The van der Waals surface area contributed by atoms with Crippen molar-refractivity contribution in [2.45, 2.75) is 76.3 Å². The quantitative estimate of drug-likeness (QED) is 0.791. The van der Waals surface area contributed by atoms with Crippen molar-refractivity contribution in [3.8, 4) is 0 Å². The van der Waals surface area contributed by atoms with Gasteiger partial charge in [-0.3, -0.25) is 0 Å². The van der Waals surface area contributed by atoms with E-state index in [1.807, 2.05) is 11.8 Å². The van der Waals surface area contributed by atoms with E-state index in [0.717, 1.165) is 30.4 Å². The molecule has 1 saturated carbocycles. The van der Waals surface area contributed by atoms with Crippen LogP contribution in [-0.2, 0) is 12.2 Å². The van der Waals surface area contributed by atoms with E-state index >= 15 is 0 Å². The second-order valence-corrected chi connectivity index (χ2v) is 7.84. The summed E-state index contributed by atoms with van der Waals surface area (Å²) in [6, 6.07) is 0.624. The average Bonchev–Trinajstić information content (AvgIpc) is 2.92. The monoisotopic (exact) mass is 311 g/mol. The molecule has 0 saturated heterocycles. The maximum atomic E-state index is 5.45. The topological polar surface area (TPSA) is 51.0 Å². The largest absolute Gasteiger partial charge is 0.339 e. The molecule has 1 heterocycles. The lowest BCUT2D eigenvalue weighted by atomic mass is 9.82. The minimum atomic E-state index is 0.605. The van der Waals surface area contributed by atoms with Gasteiger partial charge in [-0.2, -0.15) is 16.7 Å². The highest BCUT2D eigenvalue weighted by molar-refractivity contribution is 7.99. The van der Waals surface area contributed by atoms with Gasteiger partial charge in [-0.15, -0.1) is 0 Å². The number of nitrogens with one attached hydrogen (secondary N) is 1. The number of aromatic nitrogens is 2. The van der Waals surface area contributed by atoms with Gasteiger partial charge in [0.15, 0.2) is 5.82 Å². The van der Waals surface area contributed by atoms with Gasteiger partial charge in [-0.05, 0) is 37.0 Å². The SMILES string of the molecule is CCCNC1CCCCC1Cc1nc(CSC(C)C)no1. The molecular formula is C16H29N3OS. The van der Waals surface area contributed by atoms with Crippen LogP contribution in [0.4, 0.5) is 0 Å². The molecule has 2 rings (SSSR count). The van der Waals surface area contributed by atoms with Crippen molar-refractivity contribution in [3.63, 3.8) is 0 Å². The summed E-state index contributed by atoms with van der Waals surface area (Å²) in [6.07, 6.45) is 7.37. The zero-order chi connectivity index (χ0) is 15.1. The van der Waals surface area contributed by atoms with E-state index in [1.54, 1.807) is 0 Å². The molecule has 21 heavy (non-hydrogen) atoms. The van der Waals surface area contributed by atoms with Crippen LogP contribution in [0, 0.1) is 5.92 Å². The number of rotatable bonds is 8.